The monoisotopic (exact) mass is 272 g/mol. The minimum absolute atomic E-state index is 0.186. The summed E-state index contributed by atoms with van der Waals surface area (Å²) in [6, 6.07) is 10.3. The number of nitrogens with one attached hydrogen (secondary N) is 1. The first kappa shape index (κ1) is 13.2. The molecular weight excluding hydrogens is 252 g/mol. The fourth-order valence-corrected chi connectivity index (χ4v) is 2.74. The van der Waals surface area contributed by atoms with Crippen molar-refractivity contribution in [3.63, 3.8) is 0 Å². The molecule has 2 aliphatic rings. The molecule has 1 unspecified atom stereocenters. The number of ether oxygens (including phenoxy) is 1. The van der Waals surface area contributed by atoms with Crippen LogP contribution in [-0.2, 0) is 4.74 Å². The molecule has 4 nitrogen and oxygen atoms in total. The van der Waals surface area contributed by atoms with Gasteiger partial charge < -0.3 is 9.64 Å². The van der Waals surface area contributed by atoms with Crippen LogP contribution in [0.4, 0.5) is 4.79 Å². The van der Waals surface area contributed by atoms with E-state index < -0.39 is 0 Å². The first-order valence-corrected chi connectivity index (χ1v) is 7.26. The van der Waals surface area contributed by atoms with Gasteiger partial charge in [-0.2, -0.15) is 0 Å². The van der Waals surface area contributed by atoms with Crippen molar-refractivity contribution in [3.05, 3.63) is 42.0 Å². The Labute approximate surface area is 119 Å². The summed E-state index contributed by atoms with van der Waals surface area (Å²) in [5.41, 5.74) is 2.44. The largest absolute Gasteiger partial charge is 0.430 e. The Bertz CT molecular complexity index is 492. The molecule has 1 fully saturated rings. The highest BCUT2D eigenvalue weighted by molar-refractivity contribution is 5.70. The predicted octanol–water partition coefficient (Wildman–Crippen LogP) is 2.62. The predicted molar refractivity (Wildman–Crippen MR) is 78.1 cm³/mol. The van der Waals surface area contributed by atoms with Gasteiger partial charge in [-0.05, 0) is 24.0 Å². The van der Waals surface area contributed by atoms with Gasteiger partial charge in [0.05, 0.1) is 0 Å². The molecule has 3 rings (SSSR count). The molecule has 1 N–H and O–H groups in total. The van der Waals surface area contributed by atoms with Crippen LogP contribution in [0.15, 0.2) is 36.4 Å². The summed E-state index contributed by atoms with van der Waals surface area (Å²) in [6.07, 6.45) is 4.65. The third-order valence-electron chi connectivity index (χ3n) is 3.85. The van der Waals surface area contributed by atoms with Crippen LogP contribution in [0.5, 0.6) is 0 Å². The van der Waals surface area contributed by atoms with Crippen molar-refractivity contribution in [3.8, 4) is 0 Å². The average Bonchev–Trinajstić information content (AvgIpc) is 3.03. The maximum Gasteiger partial charge on any atom is 0.411 e. The number of hydrogen-bond donors (Lipinski definition) is 1. The number of rotatable bonds is 2. The molecule has 4 heteroatoms. The summed E-state index contributed by atoms with van der Waals surface area (Å²) in [4.78, 5) is 13.8. The zero-order valence-corrected chi connectivity index (χ0v) is 11.5. The fraction of sp³-hybridized carbons (Fsp3) is 0.438. The first-order valence-electron chi connectivity index (χ1n) is 7.26. The van der Waals surface area contributed by atoms with E-state index >= 15 is 0 Å². The SMILES string of the molecule is O=C(OC1CC(c2ccccc2)=CCN1)N1CCCC1. The Morgan fingerprint density at radius 3 is 2.70 bits per heavy atom. The van der Waals surface area contributed by atoms with E-state index in [4.69, 9.17) is 4.74 Å². The molecule has 0 radical (unpaired) electrons. The van der Waals surface area contributed by atoms with Crippen LogP contribution in [0.2, 0.25) is 0 Å². The molecule has 1 aromatic carbocycles. The molecule has 1 aromatic rings. The van der Waals surface area contributed by atoms with E-state index in [1.54, 1.807) is 4.90 Å². The van der Waals surface area contributed by atoms with Gasteiger partial charge in [-0.25, -0.2) is 4.79 Å². The van der Waals surface area contributed by atoms with Crippen molar-refractivity contribution in [2.45, 2.75) is 25.5 Å². The minimum Gasteiger partial charge on any atom is -0.430 e. The molecule has 0 aliphatic carbocycles. The number of nitrogens with zero attached hydrogens (tertiary/aromatic N) is 1. The highest BCUT2D eigenvalue weighted by atomic mass is 16.6. The molecule has 1 atom stereocenters. The van der Waals surface area contributed by atoms with Crippen LogP contribution in [0.25, 0.3) is 5.57 Å². The van der Waals surface area contributed by atoms with E-state index in [1.165, 1.54) is 11.1 Å². The Hall–Kier alpha value is -1.81. The molecular formula is C16H20N2O2. The van der Waals surface area contributed by atoms with Crippen LogP contribution < -0.4 is 5.32 Å². The van der Waals surface area contributed by atoms with Crippen molar-refractivity contribution < 1.29 is 9.53 Å². The van der Waals surface area contributed by atoms with Gasteiger partial charge in [0.1, 0.15) is 0 Å². The summed E-state index contributed by atoms with van der Waals surface area (Å²) >= 11 is 0. The molecule has 106 valence electrons. The quantitative estimate of drug-likeness (QED) is 0.900. The molecule has 1 amide bonds. The summed E-state index contributed by atoms with van der Waals surface area (Å²) in [5.74, 6) is 0. The smallest absolute Gasteiger partial charge is 0.411 e. The van der Waals surface area contributed by atoms with E-state index in [0.717, 1.165) is 38.9 Å². The summed E-state index contributed by atoms with van der Waals surface area (Å²) < 4.78 is 5.56. The summed E-state index contributed by atoms with van der Waals surface area (Å²) in [5, 5.41) is 3.23. The van der Waals surface area contributed by atoms with E-state index in [9.17, 15) is 4.79 Å². The normalized spacial score (nSPS) is 22.5. The molecule has 2 heterocycles. The number of likely N-dealkylation sites (tertiary alicyclic amines) is 1. The lowest BCUT2D eigenvalue weighted by Gasteiger charge is -2.26. The van der Waals surface area contributed by atoms with Crippen LogP contribution in [-0.4, -0.2) is 36.9 Å². The van der Waals surface area contributed by atoms with Gasteiger partial charge in [-0.3, -0.25) is 5.32 Å². The van der Waals surface area contributed by atoms with Gasteiger partial charge in [-0.15, -0.1) is 0 Å². The van der Waals surface area contributed by atoms with Crippen molar-refractivity contribution >= 4 is 11.7 Å². The Kier molecular flexibility index (Phi) is 4.02. The van der Waals surface area contributed by atoms with Gasteiger partial charge >= 0.3 is 6.09 Å². The van der Waals surface area contributed by atoms with Crippen LogP contribution in [0.1, 0.15) is 24.8 Å². The van der Waals surface area contributed by atoms with E-state index in [2.05, 4.69) is 23.5 Å². The van der Waals surface area contributed by atoms with Gasteiger partial charge in [-0.1, -0.05) is 36.4 Å². The maximum atomic E-state index is 12.0. The number of carbonyl (C=O) groups excluding carboxylic acids is 1. The van der Waals surface area contributed by atoms with Gasteiger partial charge in [0.2, 0.25) is 0 Å². The van der Waals surface area contributed by atoms with Crippen LogP contribution >= 0.6 is 0 Å². The van der Waals surface area contributed by atoms with Gasteiger partial charge in [0.15, 0.2) is 6.23 Å². The number of benzene rings is 1. The topological polar surface area (TPSA) is 41.6 Å². The Balaban J connectivity index is 1.60. The van der Waals surface area contributed by atoms with E-state index in [1.807, 2.05) is 18.2 Å². The van der Waals surface area contributed by atoms with Crippen LogP contribution in [0, 0.1) is 0 Å². The first-order chi connectivity index (χ1) is 9.83. The third-order valence-corrected chi connectivity index (χ3v) is 3.85. The number of carbonyl (C=O) groups is 1. The van der Waals surface area contributed by atoms with Crippen molar-refractivity contribution in [2.24, 2.45) is 0 Å². The lowest BCUT2D eigenvalue weighted by molar-refractivity contribution is 0.0550. The number of amides is 1. The maximum absolute atomic E-state index is 12.0. The number of hydrogen-bond acceptors (Lipinski definition) is 3. The van der Waals surface area contributed by atoms with Crippen molar-refractivity contribution in [1.29, 1.82) is 0 Å². The second kappa shape index (κ2) is 6.09. The summed E-state index contributed by atoms with van der Waals surface area (Å²) in [7, 11) is 0. The third kappa shape index (κ3) is 3.02. The lowest BCUT2D eigenvalue weighted by Crippen LogP contribution is -2.40. The molecule has 0 spiro atoms. The second-order valence-corrected chi connectivity index (χ2v) is 5.27. The van der Waals surface area contributed by atoms with Crippen molar-refractivity contribution in [1.82, 2.24) is 10.2 Å². The molecule has 0 aromatic heterocycles. The zero-order chi connectivity index (χ0) is 13.8. The zero-order valence-electron chi connectivity index (χ0n) is 11.5. The minimum atomic E-state index is -0.219. The second-order valence-electron chi connectivity index (χ2n) is 5.27. The molecule has 0 saturated carbocycles. The molecule has 20 heavy (non-hydrogen) atoms. The lowest BCUT2D eigenvalue weighted by atomic mass is 9.99. The highest BCUT2D eigenvalue weighted by Gasteiger charge is 2.24. The molecule has 0 bridgehead atoms. The fourth-order valence-electron chi connectivity index (χ4n) is 2.74. The average molecular weight is 272 g/mol. The van der Waals surface area contributed by atoms with Crippen LogP contribution in [0.3, 0.4) is 0 Å². The van der Waals surface area contributed by atoms with Gasteiger partial charge in [0.25, 0.3) is 0 Å². The Morgan fingerprint density at radius 1 is 1.20 bits per heavy atom. The highest BCUT2D eigenvalue weighted by Crippen LogP contribution is 2.23. The van der Waals surface area contributed by atoms with E-state index in [0.29, 0.717) is 0 Å². The van der Waals surface area contributed by atoms with Crippen molar-refractivity contribution in [2.75, 3.05) is 19.6 Å². The Morgan fingerprint density at radius 2 is 1.95 bits per heavy atom. The van der Waals surface area contributed by atoms with Gasteiger partial charge in [0, 0.05) is 26.1 Å². The van der Waals surface area contributed by atoms with E-state index in [-0.39, 0.29) is 12.3 Å². The molecule has 2 aliphatic heterocycles. The summed E-state index contributed by atoms with van der Waals surface area (Å²) in [6.45, 7) is 2.39. The standard InChI is InChI=1S/C16H20N2O2/c19-16(18-10-4-5-11-18)20-15-12-14(8-9-17-15)13-6-2-1-3-7-13/h1-3,6-8,15,17H,4-5,9-12H2. The molecule has 1 saturated heterocycles.